The Hall–Kier alpha value is -2.33. The third-order valence-electron chi connectivity index (χ3n) is 3.34. The molecule has 3 rings (SSSR count). The van der Waals surface area contributed by atoms with Crippen molar-refractivity contribution in [3.63, 3.8) is 0 Å². The molecule has 1 heterocycles. The number of hydrogen-bond acceptors (Lipinski definition) is 3. The molecule has 1 unspecified atom stereocenters. The highest BCUT2D eigenvalue weighted by atomic mass is 16.5. The Kier molecular flexibility index (Phi) is 3.39. The standard InChI is InChI=1S/C16H15NO3/c18-10-11-5-7-13(8-6-11)17-16(19)15-9-12-3-1-2-4-14(12)20-15/h1-8,15,18H,9-10H2,(H,17,19). The number of anilines is 1. The second-order valence-electron chi connectivity index (χ2n) is 4.76. The fraction of sp³-hybridized carbons (Fsp3) is 0.188. The minimum absolute atomic E-state index is 0.00469. The van der Waals surface area contributed by atoms with Crippen LogP contribution in [-0.4, -0.2) is 17.1 Å². The van der Waals surface area contributed by atoms with Crippen LogP contribution in [0.1, 0.15) is 11.1 Å². The molecule has 0 radical (unpaired) electrons. The molecule has 1 aliphatic heterocycles. The summed E-state index contributed by atoms with van der Waals surface area (Å²) in [5.74, 6) is 0.626. The van der Waals surface area contributed by atoms with E-state index in [1.165, 1.54) is 0 Å². The molecule has 4 heteroatoms. The highest BCUT2D eigenvalue weighted by Gasteiger charge is 2.28. The second kappa shape index (κ2) is 5.35. The number of hydrogen-bond donors (Lipinski definition) is 2. The summed E-state index contributed by atoms with van der Waals surface area (Å²) in [6.07, 6.45) is 0.112. The van der Waals surface area contributed by atoms with E-state index in [4.69, 9.17) is 9.84 Å². The Morgan fingerprint density at radius 3 is 2.65 bits per heavy atom. The van der Waals surface area contributed by atoms with Gasteiger partial charge in [0.15, 0.2) is 6.10 Å². The molecule has 1 aliphatic rings. The summed E-state index contributed by atoms with van der Waals surface area (Å²) in [5.41, 5.74) is 2.57. The predicted molar refractivity (Wildman–Crippen MR) is 75.6 cm³/mol. The third-order valence-corrected chi connectivity index (χ3v) is 3.34. The first-order valence-electron chi connectivity index (χ1n) is 6.51. The Labute approximate surface area is 117 Å². The van der Waals surface area contributed by atoms with Crippen molar-refractivity contribution >= 4 is 11.6 Å². The average Bonchev–Trinajstić information content (AvgIpc) is 2.92. The molecule has 0 bridgehead atoms. The summed E-state index contributed by atoms with van der Waals surface area (Å²) in [4.78, 5) is 12.2. The van der Waals surface area contributed by atoms with Gasteiger partial charge in [0.2, 0.25) is 0 Å². The smallest absolute Gasteiger partial charge is 0.265 e. The van der Waals surface area contributed by atoms with Crippen LogP contribution in [-0.2, 0) is 17.8 Å². The van der Waals surface area contributed by atoms with Crippen LogP contribution in [0.2, 0.25) is 0 Å². The fourth-order valence-electron chi connectivity index (χ4n) is 2.24. The van der Waals surface area contributed by atoms with Gasteiger partial charge >= 0.3 is 0 Å². The zero-order valence-electron chi connectivity index (χ0n) is 10.9. The first kappa shape index (κ1) is 12.7. The predicted octanol–water partition coefficient (Wildman–Crippen LogP) is 2.12. The number of aliphatic hydroxyl groups is 1. The highest BCUT2D eigenvalue weighted by molar-refractivity contribution is 5.95. The van der Waals surface area contributed by atoms with E-state index in [9.17, 15) is 4.79 Å². The zero-order chi connectivity index (χ0) is 13.9. The summed E-state index contributed by atoms with van der Waals surface area (Å²) in [6.45, 7) is -0.00469. The molecule has 0 aromatic heterocycles. The van der Waals surface area contributed by atoms with Crippen LogP contribution >= 0.6 is 0 Å². The number of amides is 1. The molecular formula is C16H15NO3. The summed E-state index contributed by atoms with van der Waals surface area (Å²) < 4.78 is 5.63. The monoisotopic (exact) mass is 269 g/mol. The van der Waals surface area contributed by atoms with Crippen LogP contribution in [0.3, 0.4) is 0 Å². The summed E-state index contributed by atoms with van der Waals surface area (Å²) in [6, 6.07) is 14.8. The van der Waals surface area contributed by atoms with Crippen molar-refractivity contribution < 1.29 is 14.6 Å². The first-order valence-corrected chi connectivity index (χ1v) is 6.51. The Morgan fingerprint density at radius 2 is 1.95 bits per heavy atom. The zero-order valence-corrected chi connectivity index (χ0v) is 10.9. The topological polar surface area (TPSA) is 58.6 Å². The maximum absolute atomic E-state index is 12.2. The molecule has 0 saturated carbocycles. The number of rotatable bonds is 3. The molecule has 1 atom stereocenters. The van der Waals surface area contributed by atoms with Crippen molar-refractivity contribution in [2.24, 2.45) is 0 Å². The van der Waals surface area contributed by atoms with Crippen LogP contribution in [0.4, 0.5) is 5.69 Å². The number of nitrogens with one attached hydrogen (secondary N) is 1. The lowest BCUT2D eigenvalue weighted by atomic mass is 10.1. The largest absolute Gasteiger partial charge is 0.480 e. The van der Waals surface area contributed by atoms with Crippen LogP contribution < -0.4 is 10.1 Å². The number of para-hydroxylation sites is 1. The van der Waals surface area contributed by atoms with Gasteiger partial charge in [-0.25, -0.2) is 0 Å². The van der Waals surface area contributed by atoms with E-state index in [1.54, 1.807) is 24.3 Å². The van der Waals surface area contributed by atoms with Crippen LogP contribution in [0, 0.1) is 0 Å². The summed E-state index contributed by atoms with van der Waals surface area (Å²) >= 11 is 0. The summed E-state index contributed by atoms with van der Waals surface area (Å²) in [5, 5.41) is 11.8. The average molecular weight is 269 g/mol. The van der Waals surface area contributed by atoms with E-state index >= 15 is 0 Å². The number of aliphatic hydroxyl groups excluding tert-OH is 1. The van der Waals surface area contributed by atoms with Crippen molar-refractivity contribution in [2.75, 3.05) is 5.32 Å². The van der Waals surface area contributed by atoms with E-state index in [0.29, 0.717) is 12.1 Å². The maximum atomic E-state index is 12.2. The quantitative estimate of drug-likeness (QED) is 0.897. The lowest BCUT2D eigenvalue weighted by Gasteiger charge is -2.11. The molecule has 20 heavy (non-hydrogen) atoms. The van der Waals surface area contributed by atoms with Crippen molar-refractivity contribution in [2.45, 2.75) is 19.1 Å². The molecule has 2 N–H and O–H groups in total. The lowest BCUT2D eigenvalue weighted by molar-refractivity contribution is -0.122. The van der Waals surface area contributed by atoms with Crippen molar-refractivity contribution in [3.05, 3.63) is 59.7 Å². The Balaban J connectivity index is 1.66. The van der Waals surface area contributed by atoms with Gasteiger partial charge in [0, 0.05) is 12.1 Å². The van der Waals surface area contributed by atoms with Crippen molar-refractivity contribution in [1.29, 1.82) is 0 Å². The maximum Gasteiger partial charge on any atom is 0.265 e. The van der Waals surface area contributed by atoms with E-state index in [2.05, 4.69) is 5.32 Å². The number of carbonyl (C=O) groups excluding carboxylic acids is 1. The normalized spacial score (nSPS) is 16.4. The van der Waals surface area contributed by atoms with Crippen LogP contribution in [0.25, 0.3) is 0 Å². The molecular weight excluding hydrogens is 254 g/mol. The lowest BCUT2D eigenvalue weighted by Crippen LogP contribution is -2.31. The number of carbonyl (C=O) groups is 1. The SMILES string of the molecule is O=C(Nc1ccc(CO)cc1)C1Cc2ccccc2O1. The first-order chi connectivity index (χ1) is 9.76. The molecule has 0 fully saturated rings. The third kappa shape index (κ3) is 2.51. The van der Waals surface area contributed by atoms with E-state index in [0.717, 1.165) is 16.9 Å². The minimum atomic E-state index is -0.482. The minimum Gasteiger partial charge on any atom is -0.480 e. The number of benzene rings is 2. The van der Waals surface area contributed by atoms with Gasteiger partial charge in [0.05, 0.1) is 6.61 Å². The van der Waals surface area contributed by atoms with Gasteiger partial charge in [-0.2, -0.15) is 0 Å². The van der Waals surface area contributed by atoms with Gasteiger partial charge in [-0.15, -0.1) is 0 Å². The molecule has 0 aliphatic carbocycles. The molecule has 1 amide bonds. The molecule has 0 spiro atoms. The van der Waals surface area contributed by atoms with Gasteiger partial charge in [-0.3, -0.25) is 4.79 Å². The van der Waals surface area contributed by atoms with Crippen molar-refractivity contribution in [1.82, 2.24) is 0 Å². The van der Waals surface area contributed by atoms with Crippen molar-refractivity contribution in [3.8, 4) is 5.75 Å². The van der Waals surface area contributed by atoms with Gasteiger partial charge in [0.25, 0.3) is 5.91 Å². The number of fused-ring (bicyclic) bond motifs is 1. The molecule has 102 valence electrons. The molecule has 2 aromatic carbocycles. The highest BCUT2D eigenvalue weighted by Crippen LogP contribution is 2.28. The molecule has 2 aromatic rings. The van der Waals surface area contributed by atoms with Gasteiger partial charge in [0.1, 0.15) is 5.75 Å². The van der Waals surface area contributed by atoms with Gasteiger partial charge in [-0.05, 0) is 29.3 Å². The van der Waals surface area contributed by atoms with Gasteiger partial charge in [-0.1, -0.05) is 30.3 Å². The van der Waals surface area contributed by atoms with E-state index < -0.39 is 6.10 Å². The van der Waals surface area contributed by atoms with Gasteiger partial charge < -0.3 is 15.2 Å². The van der Waals surface area contributed by atoms with Crippen LogP contribution in [0.15, 0.2) is 48.5 Å². The Bertz CT molecular complexity index is 597. The van der Waals surface area contributed by atoms with Crippen LogP contribution in [0.5, 0.6) is 5.75 Å². The second-order valence-corrected chi connectivity index (χ2v) is 4.76. The molecule has 0 saturated heterocycles. The Morgan fingerprint density at radius 1 is 1.20 bits per heavy atom. The molecule has 4 nitrogen and oxygen atoms in total. The fourth-order valence-corrected chi connectivity index (χ4v) is 2.24. The number of ether oxygens (including phenoxy) is 1. The van der Waals surface area contributed by atoms with E-state index in [1.807, 2.05) is 24.3 Å². The summed E-state index contributed by atoms with van der Waals surface area (Å²) in [7, 11) is 0. The van der Waals surface area contributed by atoms with E-state index in [-0.39, 0.29) is 12.5 Å².